The van der Waals surface area contributed by atoms with Crippen LogP contribution in [-0.2, 0) is 0 Å². The smallest absolute Gasteiger partial charge is 0.0615 e. The van der Waals surface area contributed by atoms with Gasteiger partial charge in [-0.15, -0.1) is 0 Å². The number of hydrogen-bond acceptors (Lipinski definition) is 2. The first kappa shape index (κ1) is 11.4. The van der Waals surface area contributed by atoms with Crippen molar-refractivity contribution in [3.63, 3.8) is 0 Å². The molecular weight excluding hydrogens is 186 g/mol. The van der Waals surface area contributed by atoms with Crippen LogP contribution in [0.1, 0.15) is 46.0 Å². The fourth-order valence-corrected chi connectivity index (χ4v) is 3.38. The van der Waals surface area contributed by atoms with Crippen LogP contribution < -0.4 is 0 Å². The van der Waals surface area contributed by atoms with E-state index >= 15 is 0 Å². The first-order chi connectivity index (χ1) is 7.20. The number of likely N-dealkylation sites (tertiary alicyclic amines) is 1. The maximum absolute atomic E-state index is 9.71. The Morgan fingerprint density at radius 1 is 1.40 bits per heavy atom. The molecule has 15 heavy (non-hydrogen) atoms. The van der Waals surface area contributed by atoms with Gasteiger partial charge in [0.15, 0.2) is 0 Å². The van der Waals surface area contributed by atoms with Gasteiger partial charge in [0, 0.05) is 18.6 Å². The molecule has 0 aromatic carbocycles. The minimum absolute atomic E-state index is 0.156. The third-order valence-electron chi connectivity index (χ3n) is 4.57. The van der Waals surface area contributed by atoms with Crippen molar-refractivity contribution in [3.8, 4) is 0 Å². The lowest BCUT2D eigenvalue weighted by Crippen LogP contribution is -2.62. The molecule has 0 aromatic rings. The molecule has 88 valence electrons. The van der Waals surface area contributed by atoms with E-state index in [9.17, 15) is 5.11 Å². The minimum Gasteiger partial charge on any atom is -0.394 e. The van der Waals surface area contributed by atoms with Crippen molar-refractivity contribution >= 4 is 0 Å². The highest BCUT2D eigenvalue weighted by Crippen LogP contribution is 2.40. The Hall–Kier alpha value is -0.0800. The zero-order valence-electron chi connectivity index (χ0n) is 10.2. The van der Waals surface area contributed by atoms with Gasteiger partial charge in [-0.1, -0.05) is 33.1 Å². The van der Waals surface area contributed by atoms with E-state index in [1.165, 1.54) is 45.2 Å². The topological polar surface area (TPSA) is 23.5 Å². The number of aliphatic hydroxyl groups excluding tert-OH is 1. The van der Waals surface area contributed by atoms with E-state index in [1.54, 1.807) is 0 Å². The molecule has 2 rings (SSSR count). The third-order valence-corrected chi connectivity index (χ3v) is 4.57. The molecule has 1 heterocycles. The molecule has 2 unspecified atom stereocenters. The summed E-state index contributed by atoms with van der Waals surface area (Å²) in [4.78, 5) is 2.55. The quantitative estimate of drug-likeness (QED) is 0.774. The Kier molecular flexibility index (Phi) is 3.36. The molecular formula is C13H25NO. The average Bonchev–Trinajstić information content (AvgIpc) is 2.16. The zero-order valence-corrected chi connectivity index (χ0v) is 10.2. The van der Waals surface area contributed by atoms with Gasteiger partial charge in [-0.25, -0.2) is 0 Å². The van der Waals surface area contributed by atoms with Crippen LogP contribution >= 0.6 is 0 Å². The van der Waals surface area contributed by atoms with E-state index in [1.807, 2.05) is 0 Å². The average molecular weight is 211 g/mol. The van der Waals surface area contributed by atoms with Crippen molar-refractivity contribution < 1.29 is 5.11 Å². The van der Waals surface area contributed by atoms with Gasteiger partial charge in [-0.3, -0.25) is 4.90 Å². The largest absolute Gasteiger partial charge is 0.394 e. The van der Waals surface area contributed by atoms with Crippen molar-refractivity contribution in [2.24, 2.45) is 11.8 Å². The molecule has 0 amide bonds. The second-order valence-electron chi connectivity index (χ2n) is 5.76. The molecule has 2 fully saturated rings. The van der Waals surface area contributed by atoms with Gasteiger partial charge in [0.25, 0.3) is 0 Å². The van der Waals surface area contributed by atoms with E-state index in [0.717, 1.165) is 11.8 Å². The fourth-order valence-electron chi connectivity index (χ4n) is 3.38. The summed E-state index contributed by atoms with van der Waals surface area (Å²) in [7, 11) is 0. The Morgan fingerprint density at radius 3 is 2.67 bits per heavy atom. The molecule has 2 aliphatic rings. The molecule has 2 atom stereocenters. The van der Waals surface area contributed by atoms with Crippen LogP contribution in [0.3, 0.4) is 0 Å². The van der Waals surface area contributed by atoms with Gasteiger partial charge in [-0.05, 0) is 24.7 Å². The third kappa shape index (κ3) is 2.07. The summed E-state index contributed by atoms with van der Waals surface area (Å²) >= 11 is 0. The maximum Gasteiger partial charge on any atom is 0.0615 e. The zero-order chi connectivity index (χ0) is 10.9. The number of nitrogens with zero attached hydrogens (tertiary/aromatic N) is 1. The molecule has 2 heteroatoms. The van der Waals surface area contributed by atoms with Crippen molar-refractivity contribution in [1.82, 2.24) is 4.90 Å². The lowest BCUT2D eigenvalue weighted by atomic mass is 9.73. The van der Waals surface area contributed by atoms with E-state index in [0.29, 0.717) is 6.61 Å². The number of rotatable bonds is 3. The molecule has 0 spiro atoms. The van der Waals surface area contributed by atoms with Gasteiger partial charge < -0.3 is 5.11 Å². The summed E-state index contributed by atoms with van der Waals surface area (Å²) in [5.41, 5.74) is 0.156. The van der Waals surface area contributed by atoms with Gasteiger partial charge in [0.2, 0.25) is 0 Å². The van der Waals surface area contributed by atoms with Crippen LogP contribution in [0, 0.1) is 11.8 Å². The molecule has 0 bridgehead atoms. The molecule has 1 saturated carbocycles. The van der Waals surface area contributed by atoms with Crippen molar-refractivity contribution in [2.75, 3.05) is 19.7 Å². The number of hydrogen-bond donors (Lipinski definition) is 1. The number of aliphatic hydroxyl groups is 1. The molecule has 0 aromatic heterocycles. The monoisotopic (exact) mass is 211 g/mol. The summed E-state index contributed by atoms with van der Waals surface area (Å²) in [6.45, 7) is 7.43. The van der Waals surface area contributed by atoms with Gasteiger partial charge >= 0.3 is 0 Å². The van der Waals surface area contributed by atoms with Gasteiger partial charge in [-0.2, -0.15) is 0 Å². The Morgan fingerprint density at radius 2 is 2.13 bits per heavy atom. The molecule has 1 aliphatic heterocycles. The highest BCUT2D eigenvalue weighted by Gasteiger charge is 2.44. The lowest BCUT2D eigenvalue weighted by molar-refractivity contribution is -0.0756. The van der Waals surface area contributed by atoms with E-state index in [2.05, 4.69) is 18.7 Å². The second kappa shape index (κ2) is 4.42. The summed E-state index contributed by atoms with van der Waals surface area (Å²) < 4.78 is 0. The second-order valence-corrected chi connectivity index (χ2v) is 5.76. The SMILES string of the molecule is CCC1CN(C2(CO)CCCC(C)C2)C1. The maximum atomic E-state index is 9.71. The first-order valence-corrected chi connectivity index (χ1v) is 6.56. The summed E-state index contributed by atoms with van der Waals surface area (Å²) in [5.74, 6) is 1.69. The summed E-state index contributed by atoms with van der Waals surface area (Å²) in [5, 5.41) is 9.71. The highest BCUT2D eigenvalue weighted by molar-refractivity contribution is 4.99. The van der Waals surface area contributed by atoms with Crippen LogP contribution in [0.25, 0.3) is 0 Å². The van der Waals surface area contributed by atoms with Crippen LogP contribution in [0.2, 0.25) is 0 Å². The molecule has 0 radical (unpaired) electrons. The minimum atomic E-state index is 0.156. The Bertz CT molecular complexity index is 213. The van der Waals surface area contributed by atoms with Crippen molar-refractivity contribution in [2.45, 2.75) is 51.5 Å². The van der Waals surface area contributed by atoms with Crippen LogP contribution in [0.4, 0.5) is 0 Å². The van der Waals surface area contributed by atoms with E-state index in [-0.39, 0.29) is 5.54 Å². The standard InChI is InChI=1S/C13H25NO/c1-3-12-8-14(9-12)13(10-15)6-4-5-11(2)7-13/h11-12,15H,3-10H2,1-2H3. The van der Waals surface area contributed by atoms with E-state index < -0.39 is 0 Å². The van der Waals surface area contributed by atoms with Crippen molar-refractivity contribution in [3.05, 3.63) is 0 Å². The molecule has 2 nitrogen and oxygen atoms in total. The van der Waals surface area contributed by atoms with Crippen LogP contribution in [0.5, 0.6) is 0 Å². The molecule has 1 N–H and O–H groups in total. The molecule has 1 saturated heterocycles. The van der Waals surface area contributed by atoms with Crippen LogP contribution in [-0.4, -0.2) is 35.2 Å². The van der Waals surface area contributed by atoms with Gasteiger partial charge in [0.1, 0.15) is 0 Å². The van der Waals surface area contributed by atoms with Crippen molar-refractivity contribution in [1.29, 1.82) is 0 Å². The lowest BCUT2D eigenvalue weighted by Gasteiger charge is -2.54. The van der Waals surface area contributed by atoms with Gasteiger partial charge in [0.05, 0.1) is 6.61 Å². The summed E-state index contributed by atoms with van der Waals surface area (Å²) in [6.07, 6.45) is 6.37. The van der Waals surface area contributed by atoms with Crippen LogP contribution in [0.15, 0.2) is 0 Å². The normalized spacial score (nSPS) is 39.0. The Labute approximate surface area is 93.7 Å². The highest BCUT2D eigenvalue weighted by atomic mass is 16.3. The first-order valence-electron chi connectivity index (χ1n) is 6.56. The fraction of sp³-hybridized carbons (Fsp3) is 1.00. The molecule has 1 aliphatic carbocycles. The summed E-state index contributed by atoms with van der Waals surface area (Å²) in [6, 6.07) is 0. The van der Waals surface area contributed by atoms with E-state index in [4.69, 9.17) is 0 Å². The predicted molar refractivity (Wildman–Crippen MR) is 62.8 cm³/mol. The predicted octanol–water partition coefficient (Wildman–Crippen LogP) is 2.27. The Balaban J connectivity index is 1.96.